The standard InChI is InChI=1S/C21H30F3N5O3/c1-12-3-4-14(11-25-12)7-19(30)27-18-9-17(28-29-18)15-5-6-16(8-15)32-20(31)26-13(2)10-21(22,23)24/h3-4,11,13,15-18,28-29H,5-10H2,1-2H3,(H,26,31)(H,27,30)/t13?,15-,16+,17?,18?/m0/s1. The van der Waals surface area contributed by atoms with Gasteiger partial charge in [-0.15, -0.1) is 0 Å². The molecule has 11 heteroatoms. The lowest BCUT2D eigenvalue weighted by atomic mass is 9.96. The molecule has 1 saturated heterocycles. The number of pyridine rings is 1. The first-order valence-electron chi connectivity index (χ1n) is 10.8. The van der Waals surface area contributed by atoms with Crippen LogP contribution in [0.2, 0.25) is 0 Å². The molecule has 1 aromatic rings. The summed E-state index contributed by atoms with van der Waals surface area (Å²) >= 11 is 0. The van der Waals surface area contributed by atoms with Crippen LogP contribution in [0.15, 0.2) is 18.3 Å². The molecule has 178 valence electrons. The average Bonchev–Trinajstić information content (AvgIpc) is 3.31. The number of rotatable bonds is 7. The number of amides is 2. The predicted octanol–water partition coefficient (Wildman–Crippen LogP) is 2.48. The number of halogens is 3. The Kier molecular flexibility index (Phi) is 7.94. The predicted molar refractivity (Wildman–Crippen MR) is 110 cm³/mol. The minimum Gasteiger partial charge on any atom is -0.446 e. The summed E-state index contributed by atoms with van der Waals surface area (Å²) in [5, 5.41) is 5.19. The highest BCUT2D eigenvalue weighted by Crippen LogP contribution is 2.33. The van der Waals surface area contributed by atoms with Gasteiger partial charge in [0.2, 0.25) is 5.91 Å². The van der Waals surface area contributed by atoms with E-state index in [0.29, 0.717) is 19.3 Å². The highest BCUT2D eigenvalue weighted by atomic mass is 19.4. The zero-order chi connectivity index (χ0) is 23.3. The summed E-state index contributed by atoms with van der Waals surface area (Å²) in [7, 11) is 0. The van der Waals surface area contributed by atoms with E-state index in [1.807, 2.05) is 19.1 Å². The molecule has 3 rings (SSSR count). The first-order chi connectivity index (χ1) is 15.1. The molecule has 3 unspecified atom stereocenters. The number of alkyl halides is 3. The molecule has 2 fully saturated rings. The molecule has 0 bridgehead atoms. The minimum absolute atomic E-state index is 0.0992. The first-order valence-corrected chi connectivity index (χ1v) is 10.8. The number of aromatic nitrogens is 1. The van der Waals surface area contributed by atoms with Gasteiger partial charge in [0.1, 0.15) is 6.10 Å². The van der Waals surface area contributed by atoms with Crippen molar-refractivity contribution in [2.45, 2.75) is 82.9 Å². The number of alkyl carbamates (subject to hydrolysis) is 1. The Balaban J connectivity index is 1.37. The van der Waals surface area contributed by atoms with Crippen LogP contribution < -0.4 is 21.5 Å². The van der Waals surface area contributed by atoms with Crippen molar-refractivity contribution in [3.63, 3.8) is 0 Å². The molecule has 2 amide bonds. The normalized spacial score (nSPS) is 26.5. The van der Waals surface area contributed by atoms with Crippen molar-refractivity contribution >= 4 is 12.0 Å². The molecule has 1 aliphatic carbocycles. The van der Waals surface area contributed by atoms with Gasteiger partial charge < -0.3 is 15.4 Å². The molecular weight excluding hydrogens is 427 g/mol. The second-order valence-electron chi connectivity index (χ2n) is 8.70. The zero-order valence-electron chi connectivity index (χ0n) is 18.2. The number of nitrogens with zero attached hydrogens (tertiary/aromatic N) is 1. The molecule has 5 atom stereocenters. The fourth-order valence-electron chi connectivity index (χ4n) is 4.25. The van der Waals surface area contributed by atoms with E-state index >= 15 is 0 Å². The van der Waals surface area contributed by atoms with Gasteiger partial charge in [-0.25, -0.2) is 10.2 Å². The SMILES string of the molecule is Cc1ccc(CC(=O)NC2CC([C@H]3CC[C@@H](OC(=O)NC(C)CC(F)(F)F)C3)NN2)cn1. The van der Waals surface area contributed by atoms with Crippen molar-refractivity contribution in [1.29, 1.82) is 0 Å². The molecule has 2 heterocycles. The van der Waals surface area contributed by atoms with E-state index in [4.69, 9.17) is 4.74 Å². The van der Waals surface area contributed by atoms with E-state index in [9.17, 15) is 22.8 Å². The summed E-state index contributed by atoms with van der Waals surface area (Å²) in [5.41, 5.74) is 8.02. The van der Waals surface area contributed by atoms with Crippen LogP contribution in [-0.4, -0.2) is 47.5 Å². The maximum atomic E-state index is 12.4. The summed E-state index contributed by atoms with van der Waals surface area (Å²) in [5.74, 6) is 0.129. The largest absolute Gasteiger partial charge is 0.446 e. The van der Waals surface area contributed by atoms with E-state index in [0.717, 1.165) is 17.7 Å². The third-order valence-electron chi connectivity index (χ3n) is 5.77. The van der Waals surface area contributed by atoms with E-state index in [-0.39, 0.29) is 36.6 Å². The lowest BCUT2D eigenvalue weighted by Gasteiger charge is -2.20. The molecule has 1 aliphatic heterocycles. The Labute approximate surface area is 185 Å². The van der Waals surface area contributed by atoms with Crippen LogP contribution in [0.1, 0.15) is 50.3 Å². The number of carbonyl (C=O) groups is 2. The van der Waals surface area contributed by atoms with Gasteiger partial charge in [0, 0.05) is 24.0 Å². The van der Waals surface area contributed by atoms with Crippen LogP contribution in [-0.2, 0) is 16.0 Å². The molecule has 0 radical (unpaired) electrons. The quantitative estimate of drug-likeness (QED) is 0.502. The molecule has 8 nitrogen and oxygen atoms in total. The van der Waals surface area contributed by atoms with Crippen LogP contribution in [0.5, 0.6) is 0 Å². The molecule has 0 spiro atoms. The van der Waals surface area contributed by atoms with Gasteiger partial charge >= 0.3 is 12.3 Å². The number of carbonyl (C=O) groups excluding carboxylic acids is 2. The monoisotopic (exact) mass is 457 g/mol. The molecule has 4 N–H and O–H groups in total. The third kappa shape index (κ3) is 7.63. The van der Waals surface area contributed by atoms with Gasteiger partial charge in [-0.2, -0.15) is 13.2 Å². The van der Waals surface area contributed by atoms with Crippen LogP contribution in [0.3, 0.4) is 0 Å². The summed E-state index contributed by atoms with van der Waals surface area (Å²) in [4.78, 5) is 28.4. The molecule has 32 heavy (non-hydrogen) atoms. The Morgan fingerprint density at radius 2 is 2.03 bits per heavy atom. The Morgan fingerprint density at radius 3 is 2.72 bits per heavy atom. The number of nitrogens with one attached hydrogen (secondary N) is 4. The third-order valence-corrected chi connectivity index (χ3v) is 5.77. The van der Waals surface area contributed by atoms with Gasteiger partial charge in [-0.3, -0.25) is 15.2 Å². The van der Waals surface area contributed by atoms with Crippen molar-refractivity contribution in [3.8, 4) is 0 Å². The van der Waals surface area contributed by atoms with E-state index in [1.165, 1.54) is 6.92 Å². The summed E-state index contributed by atoms with van der Waals surface area (Å²) < 4.78 is 42.5. The van der Waals surface area contributed by atoms with Gasteiger partial charge in [-0.05, 0) is 57.1 Å². The van der Waals surface area contributed by atoms with Gasteiger partial charge in [0.15, 0.2) is 0 Å². The highest BCUT2D eigenvalue weighted by Gasteiger charge is 2.37. The Bertz CT molecular complexity index is 790. The summed E-state index contributed by atoms with van der Waals surface area (Å²) in [6.07, 6.45) is -2.07. The van der Waals surface area contributed by atoms with Crippen molar-refractivity contribution in [1.82, 2.24) is 26.5 Å². The van der Waals surface area contributed by atoms with Crippen LogP contribution in [0, 0.1) is 12.8 Å². The molecule has 2 aliphatic rings. The maximum absolute atomic E-state index is 12.4. The number of hydrogen-bond acceptors (Lipinski definition) is 6. The number of hydrogen-bond donors (Lipinski definition) is 4. The van der Waals surface area contributed by atoms with Crippen molar-refractivity contribution in [3.05, 3.63) is 29.6 Å². The Hall–Kier alpha value is -2.40. The molecular formula is C21H30F3N5O3. The number of aryl methyl sites for hydroxylation is 1. The van der Waals surface area contributed by atoms with Gasteiger partial charge in [0.25, 0.3) is 0 Å². The lowest BCUT2D eigenvalue weighted by molar-refractivity contribution is -0.138. The number of hydrazine groups is 1. The van der Waals surface area contributed by atoms with E-state index < -0.39 is 24.7 Å². The van der Waals surface area contributed by atoms with Crippen LogP contribution >= 0.6 is 0 Å². The average molecular weight is 457 g/mol. The molecule has 1 aromatic heterocycles. The van der Waals surface area contributed by atoms with E-state index in [1.54, 1.807) is 6.20 Å². The second kappa shape index (κ2) is 10.5. The number of ether oxygens (including phenoxy) is 1. The highest BCUT2D eigenvalue weighted by molar-refractivity contribution is 5.78. The summed E-state index contributed by atoms with van der Waals surface area (Å²) in [6.45, 7) is 3.18. The fraction of sp³-hybridized carbons (Fsp3) is 0.667. The summed E-state index contributed by atoms with van der Waals surface area (Å²) in [6, 6.07) is 2.80. The minimum atomic E-state index is -4.34. The van der Waals surface area contributed by atoms with E-state index in [2.05, 4.69) is 26.5 Å². The zero-order valence-corrected chi connectivity index (χ0v) is 18.2. The Morgan fingerprint density at radius 1 is 1.25 bits per heavy atom. The van der Waals surface area contributed by atoms with Crippen LogP contribution in [0.4, 0.5) is 18.0 Å². The fourth-order valence-corrected chi connectivity index (χ4v) is 4.25. The first kappa shape index (κ1) is 24.2. The van der Waals surface area contributed by atoms with Gasteiger partial charge in [0.05, 0.1) is 19.0 Å². The molecule has 1 saturated carbocycles. The topological polar surface area (TPSA) is 104 Å². The van der Waals surface area contributed by atoms with Gasteiger partial charge in [-0.1, -0.05) is 6.07 Å². The second-order valence-corrected chi connectivity index (χ2v) is 8.70. The van der Waals surface area contributed by atoms with Crippen molar-refractivity contribution in [2.24, 2.45) is 5.92 Å². The molecule has 0 aromatic carbocycles. The lowest BCUT2D eigenvalue weighted by Crippen LogP contribution is -2.45. The smallest absolute Gasteiger partial charge is 0.407 e. The maximum Gasteiger partial charge on any atom is 0.407 e. The van der Waals surface area contributed by atoms with Crippen LogP contribution in [0.25, 0.3) is 0 Å². The van der Waals surface area contributed by atoms with Crippen molar-refractivity contribution in [2.75, 3.05) is 0 Å². The van der Waals surface area contributed by atoms with Crippen molar-refractivity contribution < 1.29 is 27.5 Å².